The average molecular weight is 266 g/mol. The molecule has 1 heterocycles. The molecule has 1 saturated carbocycles. The molecule has 2 fully saturated rings. The van der Waals surface area contributed by atoms with Gasteiger partial charge in [0.15, 0.2) is 0 Å². The lowest BCUT2D eigenvalue weighted by atomic mass is 9.72. The van der Waals surface area contributed by atoms with E-state index >= 15 is 0 Å². The van der Waals surface area contributed by atoms with Crippen LogP contribution in [0.2, 0.25) is 0 Å². The van der Waals surface area contributed by atoms with Crippen molar-refractivity contribution in [2.75, 3.05) is 6.54 Å². The minimum Gasteiger partial charge on any atom is -0.338 e. The van der Waals surface area contributed by atoms with Crippen molar-refractivity contribution < 1.29 is 4.79 Å². The van der Waals surface area contributed by atoms with Crippen molar-refractivity contribution in [3.8, 4) is 0 Å². The predicted octanol–water partition coefficient (Wildman–Crippen LogP) is 2.79. The molecular weight excluding hydrogens is 236 g/mol. The molecule has 2 aliphatic rings. The van der Waals surface area contributed by atoms with Crippen molar-refractivity contribution >= 4 is 5.91 Å². The van der Waals surface area contributed by atoms with Gasteiger partial charge < -0.3 is 10.6 Å². The Morgan fingerprint density at radius 2 is 1.95 bits per heavy atom. The first-order chi connectivity index (χ1) is 9.00. The number of carbonyl (C=O) groups excluding carboxylic acids is 1. The van der Waals surface area contributed by atoms with E-state index in [9.17, 15) is 4.79 Å². The molecule has 2 N–H and O–H groups in total. The Bertz CT molecular complexity index is 316. The maximum absolute atomic E-state index is 12.6. The van der Waals surface area contributed by atoms with Crippen LogP contribution in [0.5, 0.6) is 0 Å². The van der Waals surface area contributed by atoms with Gasteiger partial charge in [0.25, 0.3) is 0 Å². The largest absolute Gasteiger partial charge is 0.338 e. The van der Waals surface area contributed by atoms with Crippen LogP contribution in [-0.4, -0.2) is 29.4 Å². The van der Waals surface area contributed by atoms with E-state index in [2.05, 4.69) is 25.7 Å². The Kier molecular flexibility index (Phi) is 4.88. The molecule has 110 valence electrons. The number of carbonyl (C=O) groups is 1. The number of rotatable bonds is 3. The van der Waals surface area contributed by atoms with Crippen LogP contribution in [0.1, 0.15) is 59.3 Å². The van der Waals surface area contributed by atoms with Crippen molar-refractivity contribution in [3.05, 3.63) is 0 Å². The molecule has 1 amide bonds. The molecule has 3 nitrogen and oxygen atoms in total. The van der Waals surface area contributed by atoms with Crippen molar-refractivity contribution in [1.29, 1.82) is 0 Å². The Hall–Kier alpha value is -0.570. The molecule has 1 aliphatic heterocycles. The summed E-state index contributed by atoms with van der Waals surface area (Å²) in [6.45, 7) is 7.55. The van der Waals surface area contributed by atoms with Crippen LogP contribution in [0, 0.1) is 17.8 Å². The van der Waals surface area contributed by atoms with Gasteiger partial charge >= 0.3 is 0 Å². The topological polar surface area (TPSA) is 46.3 Å². The van der Waals surface area contributed by atoms with E-state index in [-0.39, 0.29) is 11.9 Å². The van der Waals surface area contributed by atoms with Gasteiger partial charge in [0, 0.05) is 12.6 Å². The third-order valence-corrected chi connectivity index (χ3v) is 5.06. The lowest BCUT2D eigenvalue weighted by molar-refractivity contribution is -0.140. The summed E-state index contributed by atoms with van der Waals surface area (Å²) < 4.78 is 0. The number of hydrogen-bond donors (Lipinski definition) is 1. The van der Waals surface area contributed by atoms with E-state index < -0.39 is 0 Å². The summed E-state index contributed by atoms with van der Waals surface area (Å²) in [5, 5.41) is 0. The maximum Gasteiger partial charge on any atom is 0.239 e. The van der Waals surface area contributed by atoms with Crippen molar-refractivity contribution in [3.63, 3.8) is 0 Å². The molecule has 4 atom stereocenters. The highest BCUT2D eigenvalue weighted by molar-refractivity contribution is 5.82. The molecule has 2 rings (SSSR count). The quantitative estimate of drug-likeness (QED) is 0.854. The Balaban J connectivity index is 2.04. The monoisotopic (exact) mass is 266 g/mol. The first-order valence-electron chi connectivity index (χ1n) is 8.06. The zero-order valence-electron chi connectivity index (χ0n) is 12.8. The smallest absolute Gasteiger partial charge is 0.239 e. The minimum atomic E-state index is -0.295. The molecule has 1 aliphatic carbocycles. The second-order valence-electron chi connectivity index (χ2n) is 7.05. The SMILES string of the molecule is CC(C)C[C@@H](N)C(=O)N1CCC(C)C2CCCCC21. The lowest BCUT2D eigenvalue weighted by Gasteiger charge is -2.48. The third-order valence-electron chi connectivity index (χ3n) is 5.06. The number of likely N-dealkylation sites (tertiary alicyclic amines) is 1. The van der Waals surface area contributed by atoms with Crippen LogP contribution >= 0.6 is 0 Å². The minimum absolute atomic E-state index is 0.206. The van der Waals surface area contributed by atoms with Gasteiger partial charge in [-0.25, -0.2) is 0 Å². The normalized spacial score (nSPS) is 33.1. The van der Waals surface area contributed by atoms with Crippen LogP contribution in [-0.2, 0) is 4.79 Å². The molecule has 3 heteroatoms. The van der Waals surface area contributed by atoms with Crippen LogP contribution in [0.15, 0.2) is 0 Å². The van der Waals surface area contributed by atoms with Crippen molar-refractivity contribution in [1.82, 2.24) is 4.90 Å². The summed E-state index contributed by atoms with van der Waals surface area (Å²) in [5.41, 5.74) is 6.11. The first-order valence-corrected chi connectivity index (χ1v) is 8.06. The second-order valence-corrected chi connectivity index (χ2v) is 7.05. The highest BCUT2D eigenvalue weighted by atomic mass is 16.2. The average Bonchev–Trinajstić information content (AvgIpc) is 2.38. The highest BCUT2D eigenvalue weighted by Gasteiger charge is 2.40. The van der Waals surface area contributed by atoms with Crippen LogP contribution in [0.25, 0.3) is 0 Å². The number of nitrogens with two attached hydrogens (primary N) is 1. The number of nitrogens with zero attached hydrogens (tertiary/aromatic N) is 1. The Morgan fingerprint density at radius 1 is 1.26 bits per heavy atom. The van der Waals surface area contributed by atoms with Gasteiger partial charge in [-0.1, -0.05) is 33.6 Å². The van der Waals surface area contributed by atoms with E-state index in [0.29, 0.717) is 12.0 Å². The number of fused-ring (bicyclic) bond motifs is 1. The summed E-state index contributed by atoms with van der Waals surface area (Å²) in [6, 6.07) is 0.180. The predicted molar refractivity (Wildman–Crippen MR) is 78.7 cm³/mol. The summed E-state index contributed by atoms with van der Waals surface area (Å²) in [7, 11) is 0. The molecule has 0 radical (unpaired) electrons. The van der Waals surface area contributed by atoms with Crippen LogP contribution in [0.4, 0.5) is 0 Å². The molecule has 0 aromatic heterocycles. The molecule has 19 heavy (non-hydrogen) atoms. The second kappa shape index (κ2) is 6.25. The van der Waals surface area contributed by atoms with Gasteiger partial charge in [0.05, 0.1) is 6.04 Å². The van der Waals surface area contributed by atoms with Crippen LogP contribution < -0.4 is 5.73 Å². The van der Waals surface area contributed by atoms with Gasteiger partial charge in [0.1, 0.15) is 0 Å². The van der Waals surface area contributed by atoms with E-state index in [1.165, 1.54) is 25.7 Å². The van der Waals surface area contributed by atoms with Crippen molar-refractivity contribution in [2.24, 2.45) is 23.5 Å². The standard InChI is InChI=1S/C16H30N2O/c1-11(2)10-14(17)16(19)18-9-8-12(3)13-6-4-5-7-15(13)18/h11-15H,4-10,17H2,1-3H3/t12?,13?,14-,15?/m1/s1. The Morgan fingerprint density at radius 3 is 2.63 bits per heavy atom. The fourth-order valence-corrected chi connectivity index (χ4v) is 4.01. The Labute approximate surface area is 117 Å². The molecule has 0 spiro atoms. The van der Waals surface area contributed by atoms with E-state index in [4.69, 9.17) is 5.73 Å². The van der Waals surface area contributed by atoms with Gasteiger partial charge in [-0.15, -0.1) is 0 Å². The molecule has 1 saturated heterocycles. The van der Waals surface area contributed by atoms with Gasteiger partial charge in [0.2, 0.25) is 5.91 Å². The third kappa shape index (κ3) is 3.31. The summed E-state index contributed by atoms with van der Waals surface area (Å²) >= 11 is 0. The summed E-state index contributed by atoms with van der Waals surface area (Å²) in [6.07, 6.45) is 7.07. The first kappa shape index (κ1) is 14.8. The molecule has 0 aromatic rings. The van der Waals surface area contributed by atoms with E-state index in [1.54, 1.807) is 0 Å². The van der Waals surface area contributed by atoms with Gasteiger partial charge in [-0.3, -0.25) is 4.79 Å². The lowest BCUT2D eigenvalue weighted by Crippen LogP contribution is -2.56. The zero-order chi connectivity index (χ0) is 14.0. The van der Waals surface area contributed by atoms with Crippen LogP contribution in [0.3, 0.4) is 0 Å². The van der Waals surface area contributed by atoms with E-state index in [0.717, 1.165) is 31.2 Å². The fraction of sp³-hybridized carbons (Fsp3) is 0.938. The zero-order valence-corrected chi connectivity index (χ0v) is 12.8. The number of piperidine rings is 1. The fourth-order valence-electron chi connectivity index (χ4n) is 4.01. The van der Waals surface area contributed by atoms with Gasteiger partial charge in [-0.2, -0.15) is 0 Å². The van der Waals surface area contributed by atoms with E-state index in [1.807, 2.05) is 0 Å². The number of amides is 1. The molecule has 0 bridgehead atoms. The summed E-state index contributed by atoms with van der Waals surface area (Å²) in [5.74, 6) is 2.19. The summed E-state index contributed by atoms with van der Waals surface area (Å²) in [4.78, 5) is 14.7. The maximum atomic E-state index is 12.6. The van der Waals surface area contributed by atoms with Gasteiger partial charge in [-0.05, 0) is 43.4 Å². The molecular formula is C16H30N2O. The number of hydrogen-bond acceptors (Lipinski definition) is 2. The highest BCUT2D eigenvalue weighted by Crippen LogP contribution is 2.39. The van der Waals surface area contributed by atoms with Crippen molar-refractivity contribution in [2.45, 2.75) is 71.4 Å². The molecule has 3 unspecified atom stereocenters. The molecule has 0 aromatic carbocycles.